The largest absolute Gasteiger partial charge is 0.520 e. The molecular weight excluding hydrogens is 110 g/mol. The monoisotopic (exact) mass is 112 g/mol. The van der Waals surface area contributed by atoms with E-state index >= 15 is 0 Å². The van der Waals surface area contributed by atoms with Crippen molar-refractivity contribution in [2.24, 2.45) is 9.98 Å². The number of rotatable bonds is 0. The van der Waals surface area contributed by atoms with E-state index in [0.29, 0.717) is 0 Å². The number of aliphatic imine (C=N–C) groups is 2. The Morgan fingerprint density at radius 1 is 1.62 bits per heavy atom. The van der Waals surface area contributed by atoms with Gasteiger partial charge in [-0.15, -0.1) is 0 Å². The van der Waals surface area contributed by atoms with E-state index in [2.05, 4.69) is 9.98 Å². The van der Waals surface area contributed by atoms with Crippen molar-refractivity contribution < 1.29 is 9.55 Å². The Labute approximate surface area is 44.3 Å². The summed E-state index contributed by atoms with van der Waals surface area (Å²) in [5.41, 5.74) is 0. The minimum atomic E-state index is -0.833. The van der Waals surface area contributed by atoms with Crippen LogP contribution in [-0.2, 0) is 0 Å². The Kier molecular flexibility index (Phi) is 0.957. The Balaban J connectivity index is 2.89. The van der Waals surface area contributed by atoms with Crippen molar-refractivity contribution in [2.75, 3.05) is 0 Å². The van der Waals surface area contributed by atoms with Gasteiger partial charge in [0.15, 0.2) is 0 Å². The van der Waals surface area contributed by atoms with Crippen LogP contribution in [0.25, 0.3) is 0 Å². The molecule has 2 amide bonds. The molecule has 0 N–H and O–H groups in total. The molecule has 0 spiro atoms. The number of hydrogen-bond acceptors (Lipinski definition) is 3. The Bertz CT molecular complexity index is 171. The Morgan fingerprint density at radius 2 is 2.38 bits per heavy atom. The molecule has 0 aliphatic carbocycles. The zero-order valence-electron chi connectivity index (χ0n) is 3.81. The number of nitroso groups, excluding NO2 is 1. The van der Waals surface area contributed by atoms with E-state index < -0.39 is 6.03 Å². The van der Waals surface area contributed by atoms with Gasteiger partial charge in [-0.25, -0.2) is 4.79 Å². The highest BCUT2D eigenvalue weighted by Crippen LogP contribution is 1.83. The first kappa shape index (κ1) is 4.76. The summed E-state index contributed by atoms with van der Waals surface area (Å²) < 4.78 is 0.0556. The summed E-state index contributed by atoms with van der Waals surface area (Å²) in [6, 6.07) is -0.833. The predicted octanol–water partition coefficient (Wildman–Crippen LogP) is -0.0445. The maximum Gasteiger partial charge on any atom is 0.520 e. The zero-order valence-corrected chi connectivity index (χ0v) is 3.81. The molecule has 0 aromatic rings. The summed E-state index contributed by atoms with van der Waals surface area (Å²) in [4.78, 5) is 26.6. The lowest BCUT2D eigenvalue weighted by molar-refractivity contribution is -0.309. The Hall–Kier alpha value is -1.39. The number of hydrogen-bond donors (Lipinski definition) is 0. The molecule has 5 heteroatoms. The van der Waals surface area contributed by atoms with E-state index in [9.17, 15) is 9.70 Å². The van der Waals surface area contributed by atoms with Gasteiger partial charge in [0.2, 0.25) is 0 Å². The highest BCUT2D eigenvalue weighted by Gasteiger charge is 2.16. The van der Waals surface area contributed by atoms with Crippen molar-refractivity contribution in [3.63, 3.8) is 0 Å². The van der Waals surface area contributed by atoms with Gasteiger partial charge in [0.25, 0.3) is 12.7 Å². The van der Waals surface area contributed by atoms with E-state index in [1.165, 1.54) is 0 Å². The normalized spacial score (nSPS) is 17.5. The summed E-state index contributed by atoms with van der Waals surface area (Å²) >= 11 is 0. The molecule has 5 nitrogen and oxygen atoms in total. The molecule has 1 aliphatic rings. The number of carbonyl (C=O) groups is 1. The lowest BCUT2D eigenvalue weighted by atomic mass is 10.9. The van der Waals surface area contributed by atoms with Crippen LogP contribution < -0.4 is 0 Å². The molecule has 0 saturated heterocycles. The van der Waals surface area contributed by atoms with E-state index in [1.54, 1.807) is 0 Å². The van der Waals surface area contributed by atoms with E-state index in [1.807, 2.05) is 0 Å². The van der Waals surface area contributed by atoms with Gasteiger partial charge in [-0.1, -0.05) is 9.90 Å². The summed E-state index contributed by atoms with van der Waals surface area (Å²) in [7, 11) is 0. The standard InChI is InChI=1S/C3H2N3O2/c7-3-5-1-4-2-6(3)8/h1-2H/q+1. The molecule has 0 fully saturated rings. The summed E-state index contributed by atoms with van der Waals surface area (Å²) in [5, 5.41) is 0. The fraction of sp³-hybridized carbons (Fsp3) is 0. The van der Waals surface area contributed by atoms with Crippen LogP contribution in [0.1, 0.15) is 0 Å². The van der Waals surface area contributed by atoms with E-state index in [4.69, 9.17) is 0 Å². The minimum Gasteiger partial charge on any atom is -0.205 e. The lowest BCUT2D eigenvalue weighted by Crippen LogP contribution is -2.14. The molecule has 0 unspecified atom stereocenters. The van der Waals surface area contributed by atoms with Crippen molar-refractivity contribution in [3.05, 3.63) is 4.91 Å². The first-order valence-corrected chi connectivity index (χ1v) is 1.87. The Morgan fingerprint density at radius 3 is 2.75 bits per heavy atom. The van der Waals surface area contributed by atoms with Gasteiger partial charge in [0, 0.05) is 4.76 Å². The third-order valence-corrected chi connectivity index (χ3v) is 0.595. The van der Waals surface area contributed by atoms with Gasteiger partial charge < -0.3 is 0 Å². The van der Waals surface area contributed by atoms with Crippen LogP contribution in [0.4, 0.5) is 4.79 Å². The highest BCUT2D eigenvalue weighted by atomic mass is 16.3. The molecular formula is C3H2N3O2+. The maximum absolute atomic E-state index is 10.1. The molecule has 0 saturated carbocycles. The van der Waals surface area contributed by atoms with Crippen LogP contribution in [0.2, 0.25) is 0 Å². The van der Waals surface area contributed by atoms with Crippen molar-refractivity contribution in [1.82, 2.24) is 0 Å². The van der Waals surface area contributed by atoms with Gasteiger partial charge in [0.1, 0.15) is 0 Å². The number of urea groups is 1. The van der Waals surface area contributed by atoms with Crippen molar-refractivity contribution in [1.29, 1.82) is 0 Å². The van der Waals surface area contributed by atoms with Crippen LogP contribution in [0.3, 0.4) is 0 Å². The smallest absolute Gasteiger partial charge is 0.205 e. The maximum atomic E-state index is 10.1. The van der Waals surface area contributed by atoms with Gasteiger partial charge in [0.05, 0.1) is 0 Å². The average Bonchev–Trinajstić information content (AvgIpc) is 1.77. The quantitative estimate of drug-likeness (QED) is 0.412. The lowest BCUT2D eigenvalue weighted by Gasteiger charge is -1.79. The first-order valence-electron chi connectivity index (χ1n) is 1.87. The number of nitrogens with zero attached hydrogens (tertiary/aromatic N) is 3. The molecule has 8 heavy (non-hydrogen) atoms. The van der Waals surface area contributed by atoms with Crippen LogP contribution in [0, 0.1) is 4.91 Å². The SMILES string of the molecule is O=C1N=CN=C[N+]1=O. The first-order chi connectivity index (χ1) is 3.80. The third-order valence-electron chi connectivity index (χ3n) is 0.595. The second kappa shape index (κ2) is 1.61. The van der Waals surface area contributed by atoms with Crippen LogP contribution in [0.15, 0.2) is 9.98 Å². The van der Waals surface area contributed by atoms with Crippen molar-refractivity contribution in [3.8, 4) is 0 Å². The van der Waals surface area contributed by atoms with Gasteiger partial charge in [-0.3, -0.25) is 0 Å². The van der Waals surface area contributed by atoms with Gasteiger partial charge in [-0.05, 0) is 4.99 Å². The molecule has 1 heterocycles. The van der Waals surface area contributed by atoms with E-state index in [0.717, 1.165) is 12.7 Å². The van der Waals surface area contributed by atoms with Crippen LogP contribution in [0.5, 0.6) is 0 Å². The second-order valence-corrected chi connectivity index (χ2v) is 1.12. The van der Waals surface area contributed by atoms with Crippen molar-refractivity contribution in [2.45, 2.75) is 0 Å². The predicted molar refractivity (Wildman–Crippen MR) is 26.0 cm³/mol. The van der Waals surface area contributed by atoms with Gasteiger partial charge >= 0.3 is 6.03 Å². The molecule has 1 aliphatic heterocycles. The zero-order chi connectivity index (χ0) is 5.98. The second-order valence-electron chi connectivity index (χ2n) is 1.12. The van der Waals surface area contributed by atoms with E-state index in [-0.39, 0.29) is 4.76 Å². The van der Waals surface area contributed by atoms with Crippen LogP contribution in [-0.4, -0.2) is 23.5 Å². The number of amides is 2. The third kappa shape index (κ3) is 0.651. The van der Waals surface area contributed by atoms with Crippen LogP contribution >= 0.6 is 0 Å². The van der Waals surface area contributed by atoms with Crippen molar-refractivity contribution >= 4 is 18.7 Å². The molecule has 0 atom stereocenters. The molecule has 0 radical (unpaired) electrons. The van der Waals surface area contributed by atoms with Gasteiger partial charge in [-0.2, -0.15) is 0 Å². The average molecular weight is 112 g/mol. The molecule has 0 aromatic heterocycles. The highest BCUT2D eigenvalue weighted by molar-refractivity contribution is 5.87. The fourth-order valence-electron chi connectivity index (χ4n) is 0.279. The molecule has 0 bridgehead atoms. The fourth-order valence-corrected chi connectivity index (χ4v) is 0.279. The summed E-state index contributed by atoms with van der Waals surface area (Å²) in [5.74, 6) is 0. The topological polar surface area (TPSA) is 61.9 Å². The minimum absolute atomic E-state index is 0.0556. The number of carbonyl (C=O) groups excluding carboxylic acids is 1. The molecule has 1 rings (SSSR count). The summed E-state index contributed by atoms with van der Waals surface area (Å²) in [6.45, 7) is 0. The molecule has 0 aromatic carbocycles. The summed E-state index contributed by atoms with van der Waals surface area (Å²) in [6.07, 6.45) is 1.88. The molecule has 40 valence electrons.